The molecule has 2 heterocycles. The van der Waals surface area contributed by atoms with Crippen LogP contribution in [0.5, 0.6) is 5.75 Å². The van der Waals surface area contributed by atoms with Gasteiger partial charge in [0.05, 0.1) is 12.1 Å². The number of halogens is 1. The number of phenols is 1. The molecule has 1 aliphatic carbocycles. The number of aryl methyl sites for hydroxylation is 1. The quantitative estimate of drug-likeness (QED) is 0.518. The van der Waals surface area contributed by atoms with E-state index in [9.17, 15) is 14.3 Å². The van der Waals surface area contributed by atoms with Gasteiger partial charge in [0.25, 0.3) is 5.91 Å². The number of aromatic nitrogens is 2. The average molecular weight is 487 g/mol. The van der Waals surface area contributed by atoms with E-state index in [0.717, 1.165) is 55.6 Å². The maximum atomic E-state index is 14.1. The highest BCUT2D eigenvalue weighted by Crippen LogP contribution is 2.36. The van der Waals surface area contributed by atoms with E-state index in [2.05, 4.69) is 34.2 Å². The van der Waals surface area contributed by atoms with Crippen molar-refractivity contribution in [1.82, 2.24) is 20.0 Å². The van der Waals surface area contributed by atoms with Gasteiger partial charge in [0.15, 0.2) is 5.69 Å². The third-order valence-electron chi connectivity index (χ3n) is 6.97. The van der Waals surface area contributed by atoms with Gasteiger partial charge in [-0.05, 0) is 82.4 Å². The molecule has 1 unspecified atom stereocenters. The Labute approximate surface area is 211 Å². The summed E-state index contributed by atoms with van der Waals surface area (Å²) in [7, 11) is 2.13. The van der Waals surface area contributed by atoms with Crippen LogP contribution in [0.4, 0.5) is 4.39 Å². The Morgan fingerprint density at radius 1 is 1.11 bits per heavy atom. The predicted octanol–water partition coefficient (Wildman–Crippen LogP) is 4.58. The van der Waals surface area contributed by atoms with Crippen LogP contribution in [-0.4, -0.2) is 45.8 Å². The van der Waals surface area contributed by atoms with E-state index in [1.165, 1.54) is 18.2 Å². The Bertz CT molecular complexity index is 1310. The Hall–Kier alpha value is -3.63. The SMILES string of the molecule is Cc1ccc(C(NC(=O)c2cc(C#CC3CCN(C)CC3)n(C3CC3)n2)c2cc(F)ccc2O)cc1. The lowest BCUT2D eigenvalue weighted by Crippen LogP contribution is -2.30. The molecule has 1 atom stereocenters. The van der Waals surface area contributed by atoms with Crippen LogP contribution in [0.25, 0.3) is 0 Å². The fraction of sp³-hybridized carbons (Fsp3) is 0.379. The smallest absolute Gasteiger partial charge is 0.272 e. The highest BCUT2D eigenvalue weighted by atomic mass is 19.1. The molecule has 1 saturated heterocycles. The summed E-state index contributed by atoms with van der Waals surface area (Å²) in [5.41, 5.74) is 3.10. The molecule has 2 aliphatic rings. The number of aromatic hydroxyl groups is 1. The molecule has 2 fully saturated rings. The van der Waals surface area contributed by atoms with Gasteiger partial charge in [-0.2, -0.15) is 5.10 Å². The molecule has 2 aromatic carbocycles. The number of piperidine rings is 1. The van der Waals surface area contributed by atoms with Crippen LogP contribution in [0.2, 0.25) is 0 Å². The van der Waals surface area contributed by atoms with Crippen LogP contribution >= 0.6 is 0 Å². The van der Waals surface area contributed by atoms with Crippen molar-refractivity contribution in [2.24, 2.45) is 5.92 Å². The number of hydrogen-bond donors (Lipinski definition) is 2. The molecule has 3 aromatic rings. The number of carbonyl (C=O) groups excluding carboxylic acids is 1. The minimum absolute atomic E-state index is 0.0875. The molecule has 0 spiro atoms. The number of rotatable bonds is 5. The Kier molecular flexibility index (Phi) is 6.80. The van der Waals surface area contributed by atoms with Crippen molar-refractivity contribution in [3.63, 3.8) is 0 Å². The maximum absolute atomic E-state index is 14.1. The lowest BCUT2D eigenvalue weighted by Gasteiger charge is -2.25. The molecule has 1 aromatic heterocycles. The van der Waals surface area contributed by atoms with Crippen molar-refractivity contribution in [1.29, 1.82) is 0 Å². The zero-order chi connectivity index (χ0) is 25.2. The van der Waals surface area contributed by atoms with Crippen molar-refractivity contribution in [3.05, 3.63) is 82.4 Å². The summed E-state index contributed by atoms with van der Waals surface area (Å²) in [5.74, 6) is 6.08. The number of phenolic OH excluding ortho intramolecular Hbond substituents is 1. The highest BCUT2D eigenvalue weighted by Gasteiger charge is 2.29. The lowest BCUT2D eigenvalue weighted by atomic mass is 9.96. The molecule has 1 saturated carbocycles. The molecule has 0 radical (unpaired) electrons. The summed E-state index contributed by atoms with van der Waals surface area (Å²) in [6.45, 7) is 4.06. The van der Waals surface area contributed by atoms with Crippen molar-refractivity contribution >= 4 is 5.91 Å². The number of benzene rings is 2. The van der Waals surface area contributed by atoms with Crippen molar-refractivity contribution < 1.29 is 14.3 Å². The van der Waals surface area contributed by atoms with Crippen LogP contribution in [-0.2, 0) is 0 Å². The van der Waals surface area contributed by atoms with Crippen molar-refractivity contribution in [2.45, 2.75) is 44.7 Å². The molecule has 2 N–H and O–H groups in total. The summed E-state index contributed by atoms with van der Waals surface area (Å²) >= 11 is 0. The number of carbonyl (C=O) groups is 1. The van der Waals surface area contributed by atoms with Crippen LogP contribution in [0.1, 0.15) is 70.6 Å². The van der Waals surface area contributed by atoms with Gasteiger partial charge in [-0.25, -0.2) is 4.39 Å². The van der Waals surface area contributed by atoms with Gasteiger partial charge in [-0.3, -0.25) is 9.48 Å². The minimum Gasteiger partial charge on any atom is -0.508 e. The monoisotopic (exact) mass is 486 g/mol. The lowest BCUT2D eigenvalue weighted by molar-refractivity contribution is 0.0936. The molecule has 1 amide bonds. The summed E-state index contributed by atoms with van der Waals surface area (Å²) < 4.78 is 16.0. The molecule has 5 rings (SSSR count). The first kappa shape index (κ1) is 24.1. The molecular formula is C29H31FN4O2. The van der Waals surface area contributed by atoms with E-state index in [0.29, 0.717) is 5.92 Å². The van der Waals surface area contributed by atoms with Gasteiger partial charge < -0.3 is 15.3 Å². The molecular weight excluding hydrogens is 455 g/mol. The summed E-state index contributed by atoms with van der Waals surface area (Å²) in [4.78, 5) is 15.7. The predicted molar refractivity (Wildman–Crippen MR) is 136 cm³/mol. The normalized spacial score (nSPS) is 17.3. The van der Waals surface area contributed by atoms with Crippen molar-refractivity contribution in [3.8, 4) is 17.6 Å². The van der Waals surface area contributed by atoms with E-state index in [1.54, 1.807) is 6.07 Å². The van der Waals surface area contributed by atoms with Crippen molar-refractivity contribution in [2.75, 3.05) is 20.1 Å². The standard InChI is InChI=1S/C29H31FN4O2/c1-19-3-6-21(7-4-19)28(25-17-22(30)8-12-27(25)35)31-29(36)26-18-24(34(32-26)23-10-11-23)9-5-20-13-15-33(2)16-14-20/h3-4,6-8,12,17-18,20,23,28,35H,10-11,13-16H2,1-2H3,(H,31,36). The zero-order valence-corrected chi connectivity index (χ0v) is 20.7. The third-order valence-corrected chi connectivity index (χ3v) is 6.97. The van der Waals surface area contributed by atoms with Crippen LogP contribution in [0.3, 0.4) is 0 Å². The van der Waals surface area contributed by atoms with Gasteiger partial charge in [-0.15, -0.1) is 0 Å². The first-order valence-corrected chi connectivity index (χ1v) is 12.5. The van der Waals surface area contributed by atoms with Gasteiger partial charge in [0.1, 0.15) is 17.3 Å². The van der Waals surface area contributed by atoms with Gasteiger partial charge in [0, 0.05) is 17.5 Å². The maximum Gasteiger partial charge on any atom is 0.272 e. The van der Waals surface area contributed by atoms with Gasteiger partial charge in [0.2, 0.25) is 0 Å². The minimum atomic E-state index is -0.742. The highest BCUT2D eigenvalue weighted by molar-refractivity contribution is 5.93. The summed E-state index contributed by atoms with van der Waals surface area (Å²) in [6.07, 6.45) is 4.14. The van der Waals surface area contributed by atoms with Crippen LogP contribution < -0.4 is 5.32 Å². The van der Waals surface area contributed by atoms with E-state index in [1.807, 2.05) is 35.9 Å². The molecule has 1 aliphatic heterocycles. The second kappa shape index (κ2) is 10.2. The van der Waals surface area contributed by atoms with Crippen LogP contribution in [0, 0.1) is 30.5 Å². The fourth-order valence-electron chi connectivity index (χ4n) is 4.59. The largest absolute Gasteiger partial charge is 0.508 e. The number of likely N-dealkylation sites (tertiary alicyclic amines) is 1. The molecule has 36 heavy (non-hydrogen) atoms. The van der Waals surface area contributed by atoms with E-state index < -0.39 is 17.8 Å². The summed E-state index contributed by atoms with van der Waals surface area (Å²) in [6, 6.07) is 12.6. The van der Waals surface area contributed by atoms with E-state index >= 15 is 0 Å². The van der Waals surface area contributed by atoms with E-state index in [4.69, 9.17) is 0 Å². The first-order chi connectivity index (χ1) is 17.4. The number of amides is 1. The molecule has 6 nitrogen and oxygen atoms in total. The van der Waals surface area contributed by atoms with Gasteiger partial charge >= 0.3 is 0 Å². The second-order valence-corrected chi connectivity index (χ2v) is 9.96. The molecule has 7 heteroatoms. The third kappa shape index (κ3) is 5.44. The second-order valence-electron chi connectivity index (χ2n) is 9.96. The first-order valence-electron chi connectivity index (χ1n) is 12.5. The topological polar surface area (TPSA) is 70.4 Å². The molecule has 186 valence electrons. The Morgan fingerprint density at radius 2 is 1.83 bits per heavy atom. The number of nitrogens with zero attached hydrogens (tertiary/aromatic N) is 3. The van der Waals surface area contributed by atoms with Gasteiger partial charge in [-0.1, -0.05) is 35.7 Å². The number of nitrogens with one attached hydrogen (secondary N) is 1. The number of hydrogen-bond acceptors (Lipinski definition) is 4. The Balaban J connectivity index is 1.43. The Morgan fingerprint density at radius 3 is 2.53 bits per heavy atom. The average Bonchev–Trinajstić information content (AvgIpc) is 3.63. The zero-order valence-electron chi connectivity index (χ0n) is 20.7. The van der Waals surface area contributed by atoms with Crippen LogP contribution in [0.15, 0.2) is 48.5 Å². The fourth-order valence-corrected chi connectivity index (χ4v) is 4.59. The van der Waals surface area contributed by atoms with E-state index in [-0.39, 0.29) is 23.0 Å². The molecule has 0 bridgehead atoms. The summed E-state index contributed by atoms with van der Waals surface area (Å²) in [5, 5.41) is 18.1.